The Morgan fingerprint density at radius 1 is 1.46 bits per heavy atom. The van der Waals surface area contributed by atoms with Crippen molar-refractivity contribution in [2.24, 2.45) is 0 Å². The Kier molecular flexibility index (Phi) is 3.71. The van der Waals surface area contributed by atoms with E-state index in [0.717, 1.165) is 18.5 Å². The number of nitrogens with zero attached hydrogens (tertiary/aromatic N) is 3. The maximum Gasteiger partial charge on any atom is 0.149 e. The molecule has 0 saturated heterocycles. The number of rotatable bonds is 4. The molecule has 1 aromatic heterocycles. The zero-order valence-corrected chi connectivity index (χ0v) is 7.62. The average molecular weight is 176 g/mol. The molecule has 0 aliphatic carbocycles. The molecule has 0 spiro atoms. The van der Waals surface area contributed by atoms with Gasteiger partial charge in [0.15, 0.2) is 0 Å². The molecule has 0 atom stereocenters. The normalized spacial score (nSPS) is 9.23. The van der Waals surface area contributed by atoms with Gasteiger partial charge in [0.25, 0.3) is 0 Å². The van der Waals surface area contributed by atoms with Gasteiger partial charge in [-0.15, -0.1) is 5.10 Å². The van der Waals surface area contributed by atoms with Crippen LogP contribution < -0.4 is 5.32 Å². The molecule has 13 heavy (non-hydrogen) atoms. The molecule has 68 valence electrons. The minimum atomic E-state index is 0.266. The van der Waals surface area contributed by atoms with Gasteiger partial charge in [-0.25, -0.2) is 0 Å². The lowest BCUT2D eigenvalue weighted by Crippen LogP contribution is -2.02. The summed E-state index contributed by atoms with van der Waals surface area (Å²) in [6.45, 7) is 2.37. The monoisotopic (exact) mass is 176 g/mol. The molecule has 1 rings (SSSR count). The first kappa shape index (κ1) is 9.46. The first-order chi connectivity index (χ1) is 6.36. The van der Waals surface area contributed by atoms with E-state index in [9.17, 15) is 0 Å². The van der Waals surface area contributed by atoms with Crippen LogP contribution >= 0.6 is 0 Å². The highest BCUT2D eigenvalue weighted by atomic mass is 15.2. The molecular weight excluding hydrogens is 164 g/mol. The third-order valence-electron chi connectivity index (χ3n) is 1.57. The number of nitriles is 1. The summed E-state index contributed by atoms with van der Waals surface area (Å²) in [6.07, 6.45) is 2.02. The molecule has 4 nitrogen and oxygen atoms in total. The second kappa shape index (κ2) is 5.09. The van der Waals surface area contributed by atoms with Gasteiger partial charge in [-0.2, -0.15) is 10.4 Å². The van der Waals surface area contributed by atoms with Crippen molar-refractivity contribution in [1.82, 2.24) is 10.2 Å². The first-order valence-corrected chi connectivity index (χ1v) is 4.30. The van der Waals surface area contributed by atoms with Crippen molar-refractivity contribution in [3.8, 4) is 6.07 Å². The predicted octanol–water partition coefficient (Wildman–Crippen LogP) is 1.36. The molecule has 0 aliphatic rings. The topological polar surface area (TPSA) is 61.6 Å². The Morgan fingerprint density at radius 2 is 2.31 bits per heavy atom. The lowest BCUT2D eigenvalue weighted by Gasteiger charge is -2.00. The SMILES string of the molecule is CCCc1ccc(NCC#N)nn1. The molecule has 0 fully saturated rings. The van der Waals surface area contributed by atoms with E-state index in [1.807, 2.05) is 18.2 Å². The van der Waals surface area contributed by atoms with E-state index in [1.54, 1.807) is 0 Å². The Balaban J connectivity index is 2.54. The van der Waals surface area contributed by atoms with E-state index in [4.69, 9.17) is 5.26 Å². The van der Waals surface area contributed by atoms with Crippen LogP contribution in [0.3, 0.4) is 0 Å². The minimum absolute atomic E-state index is 0.266. The predicted molar refractivity (Wildman–Crippen MR) is 50.1 cm³/mol. The Morgan fingerprint density at radius 3 is 2.85 bits per heavy atom. The fourth-order valence-electron chi connectivity index (χ4n) is 0.974. The van der Waals surface area contributed by atoms with Crippen molar-refractivity contribution in [1.29, 1.82) is 5.26 Å². The van der Waals surface area contributed by atoms with Gasteiger partial charge in [-0.05, 0) is 18.6 Å². The number of aromatic nitrogens is 2. The van der Waals surface area contributed by atoms with Crippen LogP contribution in [0.15, 0.2) is 12.1 Å². The fraction of sp³-hybridized carbons (Fsp3) is 0.444. The number of nitrogens with one attached hydrogen (secondary N) is 1. The maximum absolute atomic E-state index is 8.31. The third kappa shape index (κ3) is 3.08. The molecule has 0 aromatic carbocycles. The molecule has 1 heterocycles. The smallest absolute Gasteiger partial charge is 0.149 e. The summed E-state index contributed by atoms with van der Waals surface area (Å²) in [6, 6.07) is 5.75. The van der Waals surface area contributed by atoms with E-state index in [0.29, 0.717) is 5.82 Å². The summed E-state index contributed by atoms with van der Waals surface area (Å²) in [5.41, 5.74) is 0.991. The van der Waals surface area contributed by atoms with Gasteiger partial charge in [0.05, 0.1) is 11.8 Å². The van der Waals surface area contributed by atoms with Crippen LogP contribution in [0.1, 0.15) is 19.0 Å². The van der Waals surface area contributed by atoms with Crippen molar-refractivity contribution in [3.63, 3.8) is 0 Å². The summed E-state index contributed by atoms with van der Waals surface area (Å²) in [4.78, 5) is 0. The molecule has 0 bridgehead atoms. The van der Waals surface area contributed by atoms with Crippen LogP contribution in [-0.2, 0) is 6.42 Å². The summed E-state index contributed by atoms with van der Waals surface area (Å²) >= 11 is 0. The summed E-state index contributed by atoms with van der Waals surface area (Å²) < 4.78 is 0. The summed E-state index contributed by atoms with van der Waals surface area (Å²) in [5, 5.41) is 19.1. The molecule has 0 amide bonds. The van der Waals surface area contributed by atoms with Crippen LogP contribution in [0.4, 0.5) is 5.82 Å². The number of hydrogen-bond acceptors (Lipinski definition) is 4. The van der Waals surface area contributed by atoms with E-state index >= 15 is 0 Å². The molecule has 1 N–H and O–H groups in total. The number of hydrogen-bond donors (Lipinski definition) is 1. The van der Waals surface area contributed by atoms with E-state index < -0.39 is 0 Å². The molecule has 0 saturated carbocycles. The van der Waals surface area contributed by atoms with Gasteiger partial charge in [0.2, 0.25) is 0 Å². The van der Waals surface area contributed by atoms with Crippen molar-refractivity contribution in [2.45, 2.75) is 19.8 Å². The Labute approximate surface area is 77.6 Å². The quantitative estimate of drug-likeness (QED) is 0.704. The third-order valence-corrected chi connectivity index (χ3v) is 1.57. The first-order valence-electron chi connectivity index (χ1n) is 4.30. The van der Waals surface area contributed by atoms with Crippen molar-refractivity contribution in [2.75, 3.05) is 11.9 Å². The highest BCUT2D eigenvalue weighted by molar-refractivity contribution is 5.33. The lowest BCUT2D eigenvalue weighted by atomic mass is 10.2. The van der Waals surface area contributed by atoms with Crippen molar-refractivity contribution in [3.05, 3.63) is 17.8 Å². The van der Waals surface area contributed by atoms with Gasteiger partial charge in [-0.3, -0.25) is 0 Å². The van der Waals surface area contributed by atoms with Gasteiger partial charge < -0.3 is 5.32 Å². The van der Waals surface area contributed by atoms with Gasteiger partial charge in [-0.1, -0.05) is 13.3 Å². The van der Waals surface area contributed by atoms with Gasteiger partial charge >= 0.3 is 0 Å². The zero-order chi connectivity index (χ0) is 9.52. The number of anilines is 1. The molecule has 0 aliphatic heterocycles. The summed E-state index contributed by atoms with van der Waals surface area (Å²) in [5.74, 6) is 0.654. The van der Waals surface area contributed by atoms with Crippen LogP contribution in [0, 0.1) is 11.3 Å². The van der Waals surface area contributed by atoms with Crippen LogP contribution in [0.2, 0.25) is 0 Å². The molecule has 0 radical (unpaired) electrons. The molecule has 4 heteroatoms. The lowest BCUT2D eigenvalue weighted by molar-refractivity contribution is 0.839. The average Bonchev–Trinajstić information content (AvgIpc) is 2.17. The largest absolute Gasteiger partial charge is 0.356 e. The van der Waals surface area contributed by atoms with Crippen LogP contribution in [-0.4, -0.2) is 16.7 Å². The second-order valence-corrected chi connectivity index (χ2v) is 2.67. The van der Waals surface area contributed by atoms with E-state index in [2.05, 4.69) is 22.4 Å². The highest BCUT2D eigenvalue weighted by Gasteiger charge is 1.95. The number of aryl methyl sites for hydroxylation is 1. The van der Waals surface area contributed by atoms with E-state index in [1.165, 1.54) is 0 Å². The molecule has 1 aromatic rings. The molecule has 0 unspecified atom stereocenters. The van der Waals surface area contributed by atoms with Gasteiger partial charge in [0.1, 0.15) is 12.4 Å². The van der Waals surface area contributed by atoms with Crippen molar-refractivity contribution >= 4 is 5.82 Å². The highest BCUT2D eigenvalue weighted by Crippen LogP contribution is 2.02. The zero-order valence-electron chi connectivity index (χ0n) is 7.62. The standard InChI is InChI=1S/C9H12N4/c1-2-3-8-4-5-9(13-12-8)11-7-6-10/h4-5H,2-3,7H2,1H3,(H,11,13). The maximum atomic E-state index is 8.31. The van der Waals surface area contributed by atoms with Gasteiger partial charge in [0, 0.05) is 0 Å². The van der Waals surface area contributed by atoms with Crippen molar-refractivity contribution < 1.29 is 0 Å². The Hall–Kier alpha value is -1.63. The van der Waals surface area contributed by atoms with Crippen LogP contribution in [0.25, 0.3) is 0 Å². The summed E-state index contributed by atoms with van der Waals surface area (Å²) in [7, 11) is 0. The van der Waals surface area contributed by atoms with Crippen LogP contribution in [0.5, 0.6) is 0 Å². The molecular formula is C9H12N4. The fourth-order valence-corrected chi connectivity index (χ4v) is 0.974. The Bertz CT molecular complexity index is 285. The second-order valence-electron chi connectivity index (χ2n) is 2.67. The minimum Gasteiger partial charge on any atom is -0.356 e. The van der Waals surface area contributed by atoms with E-state index in [-0.39, 0.29) is 6.54 Å².